The maximum absolute atomic E-state index is 13.1. The summed E-state index contributed by atoms with van der Waals surface area (Å²) in [6.45, 7) is 0.522. The molecule has 0 radical (unpaired) electrons. The molecule has 8 heteroatoms. The number of benzene rings is 3. The van der Waals surface area contributed by atoms with Gasteiger partial charge in [0, 0.05) is 30.5 Å². The van der Waals surface area contributed by atoms with E-state index < -0.39 is 0 Å². The lowest BCUT2D eigenvalue weighted by Crippen LogP contribution is -2.38. The third-order valence-corrected chi connectivity index (χ3v) is 5.97. The van der Waals surface area contributed by atoms with Crippen LogP contribution in [0.25, 0.3) is 0 Å². The summed E-state index contributed by atoms with van der Waals surface area (Å²) in [7, 11) is 1.56. The quantitative estimate of drug-likeness (QED) is 0.539. The monoisotopic (exact) mass is 476 g/mol. The lowest BCUT2D eigenvalue weighted by atomic mass is 10.1. The molecule has 1 aliphatic heterocycles. The molecule has 4 rings (SSSR count). The van der Waals surface area contributed by atoms with Crippen molar-refractivity contribution in [3.8, 4) is 0 Å². The molecule has 0 aliphatic carbocycles. The van der Waals surface area contributed by atoms with Crippen molar-refractivity contribution in [2.45, 2.75) is 6.42 Å². The van der Waals surface area contributed by atoms with Crippen LogP contribution in [0.15, 0.2) is 72.8 Å². The molecule has 0 saturated carbocycles. The van der Waals surface area contributed by atoms with E-state index >= 15 is 0 Å². The van der Waals surface area contributed by atoms with Crippen molar-refractivity contribution in [1.29, 1.82) is 0 Å². The van der Waals surface area contributed by atoms with Crippen molar-refractivity contribution < 1.29 is 14.4 Å². The number of rotatable bonds is 7. The number of nitrogens with one attached hydrogen (secondary N) is 2. The minimum Gasteiger partial charge on any atom is -0.376 e. The minimum atomic E-state index is -0.345. The van der Waals surface area contributed by atoms with Crippen molar-refractivity contribution in [1.82, 2.24) is 4.90 Å². The van der Waals surface area contributed by atoms with Gasteiger partial charge in [-0.05, 0) is 48.4 Å². The number of nitrogens with zero attached hydrogens (tertiary/aromatic N) is 2. The average molecular weight is 477 g/mol. The highest BCUT2D eigenvalue weighted by Gasteiger charge is 2.25. The van der Waals surface area contributed by atoms with Gasteiger partial charge >= 0.3 is 0 Å². The number of hydrogen-bond acceptors (Lipinski definition) is 4. The van der Waals surface area contributed by atoms with Crippen molar-refractivity contribution in [2.24, 2.45) is 0 Å². The Labute approximate surface area is 203 Å². The predicted octanol–water partition coefficient (Wildman–Crippen LogP) is 4.05. The number of carbonyl (C=O) groups excluding carboxylic acids is 3. The first-order chi connectivity index (χ1) is 16.4. The molecule has 0 spiro atoms. The maximum Gasteiger partial charge on any atom is 0.258 e. The van der Waals surface area contributed by atoms with Gasteiger partial charge < -0.3 is 20.4 Å². The Balaban J connectivity index is 1.32. The van der Waals surface area contributed by atoms with Gasteiger partial charge in [0.15, 0.2) is 0 Å². The normalized spacial score (nSPS) is 12.1. The minimum absolute atomic E-state index is 0.0138. The third kappa shape index (κ3) is 5.38. The van der Waals surface area contributed by atoms with Gasteiger partial charge in [-0.3, -0.25) is 14.4 Å². The second kappa shape index (κ2) is 10.4. The van der Waals surface area contributed by atoms with E-state index in [1.807, 2.05) is 24.3 Å². The molecule has 2 N–H and O–H groups in total. The molecular formula is C26H25ClN4O3. The average Bonchev–Trinajstić information content (AvgIpc) is 3.28. The largest absolute Gasteiger partial charge is 0.376 e. The van der Waals surface area contributed by atoms with Crippen molar-refractivity contribution in [3.63, 3.8) is 0 Å². The van der Waals surface area contributed by atoms with E-state index in [2.05, 4.69) is 10.6 Å². The lowest BCUT2D eigenvalue weighted by Gasteiger charge is -2.19. The zero-order chi connectivity index (χ0) is 24.1. The molecule has 1 aliphatic rings. The molecule has 174 valence electrons. The van der Waals surface area contributed by atoms with Crippen molar-refractivity contribution in [2.75, 3.05) is 42.2 Å². The molecule has 3 aromatic carbocycles. The lowest BCUT2D eigenvalue weighted by molar-refractivity contribution is -0.131. The zero-order valence-electron chi connectivity index (χ0n) is 18.8. The van der Waals surface area contributed by atoms with Crippen LogP contribution in [0.2, 0.25) is 5.02 Å². The van der Waals surface area contributed by atoms with E-state index in [0.29, 0.717) is 28.5 Å². The highest BCUT2D eigenvalue weighted by molar-refractivity contribution is 6.33. The Kier molecular flexibility index (Phi) is 7.13. The van der Waals surface area contributed by atoms with Crippen LogP contribution >= 0.6 is 11.6 Å². The number of carbonyl (C=O) groups is 3. The molecule has 0 bridgehead atoms. The summed E-state index contributed by atoms with van der Waals surface area (Å²) in [5.74, 6) is -0.685. The van der Waals surface area contributed by atoms with Gasteiger partial charge in [-0.15, -0.1) is 0 Å². The second-order valence-electron chi connectivity index (χ2n) is 8.05. The summed E-state index contributed by atoms with van der Waals surface area (Å²) in [5.41, 5.74) is 3.80. The number of hydrogen-bond donors (Lipinski definition) is 2. The Morgan fingerprint density at radius 1 is 1.00 bits per heavy atom. The van der Waals surface area contributed by atoms with Crippen LogP contribution in [0.1, 0.15) is 15.9 Å². The van der Waals surface area contributed by atoms with Crippen LogP contribution in [0.4, 0.5) is 17.1 Å². The highest BCUT2D eigenvalue weighted by atomic mass is 35.5. The molecule has 0 atom stereocenters. The topological polar surface area (TPSA) is 81.8 Å². The fourth-order valence-corrected chi connectivity index (χ4v) is 4.02. The number of amides is 3. The van der Waals surface area contributed by atoms with E-state index in [9.17, 15) is 14.4 Å². The highest BCUT2D eigenvalue weighted by Crippen LogP contribution is 2.29. The zero-order valence-corrected chi connectivity index (χ0v) is 19.5. The van der Waals surface area contributed by atoms with Gasteiger partial charge in [0.25, 0.3) is 5.91 Å². The summed E-state index contributed by atoms with van der Waals surface area (Å²) < 4.78 is 0. The van der Waals surface area contributed by atoms with Gasteiger partial charge in [0.05, 0.1) is 23.8 Å². The predicted molar refractivity (Wildman–Crippen MR) is 134 cm³/mol. The number of fused-ring (bicyclic) bond motifs is 1. The molecule has 34 heavy (non-hydrogen) atoms. The van der Waals surface area contributed by atoms with Crippen LogP contribution < -0.4 is 15.5 Å². The third-order valence-electron chi connectivity index (χ3n) is 5.64. The van der Waals surface area contributed by atoms with Gasteiger partial charge in [-0.25, -0.2) is 0 Å². The van der Waals surface area contributed by atoms with Crippen LogP contribution in [-0.2, 0) is 16.0 Å². The first-order valence-corrected chi connectivity index (χ1v) is 11.3. The van der Waals surface area contributed by atoms with E-state index in [1.54, 1.807) is 60.5 Å². The number of likely N-dealkylation sites (N-methyl/N-ethyl adjacent to an activating group) is 1. The number of para-hydroxylation sites is 2. The molecular weight excluding hydrogens is 452 g/mol. The summed E-state index contributed by atoms with van der Waals surface area (Å²) in [5, 5.41) is 6.17. The second-order valence-corrected chi connectivity index (χ2v) is 8.45. The summed E-state index contributed by atoms with van der Waals surface area (Å²) in [6, 6.07) is 21.9. The molecule has 0 fully saturated rings. The molecule has 3 aromatic rings. The Morgan fingerprint density at radius 3 is 2.59 bits per heavy atom. The van der Waals surface area contributed by atoms with E-state index in [4.69, 9.17) is 11.6 Å². The Bertz CT molecular complexity index is 1230. The van der Waals surface area contributed by atoms with Crippen molar-refractivity contribution >= 4 is 46.4 Å². The van der Waals surface area contributed by atoms with E-state index in [-0.39, 0.29) is 30.8 Å². The van der Waals surface area contributed by atoms with E-state index in [1.165, 1.54) is 4.90 Å². The number of anilines is 3. The molecule has 0 aromatic heterocycles. The van der Waals surface area contributed by atoms with Crippen LogP contribution in [0.5, 0.6) is 0 Å². The smallest absolute Gasteiger partial charge is 0.258 e. The van der Waals surface area contributed by atoms with E-state index in [0.717, 1.165) is 17.7 Å². The standard InChI is InChI=1S/C26H25ClN4O3/c1-30(17-24(32)29-22-11-4-3-10-21(22)27)25(33)16-28-20-9-6-8-19(15-20)26(34)31-14-13-18-7-2-5-12-23(18)31/h2-12,15,28H,13-14,16-17H2,1H3,(H,29,32). The molecule has 0 saturated heterocycles. The number of halogens is 1. The fourth-order valence-electron chi connectivity index (χ4n) is 3.84. The molecule has 1 heterocycles. The molecule has 3 amide bonds. The Morgan fingerprint density at radius 2 is 1.76 bits per heavy atom. The van der Waals surface area contributed by atoms with Gasteiger partial charge in [0.1, 0.15) is 0 Å². The van der Waals surface area contributed by atoms with Crippen LogP contribution in [-0.4, -0.2) is 49.3 Å². The van der Waals surface area contributed by atoms with Crippen molar-refractivity contribution in [3.05, 3.63) is 88.9 Å². The summed E-state index contributed by atoms with van der Waals surface area (Å²) >= 11 is 6.05. The SMILES string of the molecule is CN(CC(=O)Nc1ccccc1Cl)C(=O)CNc1cccc(C(=O)N2CCc3ccccc32)c1. The van der Waals surface area contributed by atoms with Gasteiger partial charge in [0.2, 0.25) is 11.8 Å². The van der Waals surface area contributed by atoms with Crippen LogP contribution in [0, 0.1) is 0 Å². The molecule has 0 unspecified atom stereocenters. The first-order valence-electron chi connectivity index (χ1n) is 10.9. The Hall–Kier alpha value is -3.84. The molecule has 7 nitrogen and oxygen atoms in total. The maximum atomic E-state index is 13.1. The van der Waals surface area contributed by atoms with Gasteiger partial charge in [-0.1, -0.05) is 48.0 Å². The fraction of sp³-hybridized carbons (Fsp3) is 0.192. The first kappa shape index (κ1) is 23.3. The van der Waals surface area contributed by atoms with Gasteiger partial charge in [-0.2, -0.15) is 0 Å². The summed E-state index contributed by atoms with van der Waals surface area (Å²) in [4.78, 5) is 41.0. The summed E-state index contributed by atoms with van der Waals surface area (Å²) in [6.07, 6.45) is 0.838. The van der Waals surface area contributed by atoms with Crippen LogP contribution in [0.3, 0.4) is 0 Å².